The molecular weight excluding hydrogens is 160 g/mol. The molecular formula is C12H20O. The van der Waals surface area contributed by atoms with Gasteiger partial charge < -0.3 is 0 Å². The maximum Gasteiger partial charge on any atom is 0.159 e. The van der Waals surface area contributed by atoms with E-state index in [1.54, 1.807) is 0 Å². The largest absolute Gasteiger partial charge is 0.295 e. The Kier molecular flexibility index (Phi) is 3.71. The van der Waals surface area contributed by atoms with Crippen molar-refractivity contribution >= 4 is 5.78 Å². The van der Waals surface area contributed by atoms with E-state index in [4.69, 9.17) is 0 Å². The molecule has 0 spiro atoms. The molecule has 0 aliphatic heterocycles. The fraction of sp³-hybridized carbons (Fsp3) is 0.750. The molecule has 0 radical (unpaired) electrons. The second kappa shape index (κ2) is 4.59. The average Bonchev–Trinajstić information content (AvgIpc) is 2.04. The fourth-order valence-corrected chi connectivity index (χ4v) is 2.25. The SMILES string of the molecule is CCCC1=C(CC)C(=O)C[C@@H](C)C1. The topological polar surface area (TPSA) is 17.1 Å². The van der Waals surface area contributed by atoms with Gasteiger partial charge in [-0.25, -0.2) is 0 Å². The third-order valence-electron chi connectivity index (χ3n) is 2.80. The third kappa shape index (κ3) is 2.43. The lowest BCUT2D eigenvalue weighted by Gasteiger charge is -2.23. The Morgan fingerprint density at radius 1 is 1.31 bits per heavy atom. The first-order valence-corrected chi connectivity index (χ1v) is 5.43. The van der Waals surface area contributed by atoms with Crippen molar-refractivity contribution in [3.63, 3.8) is 0 Å². The van der Waals surface area contributed by atoms with Crippen LogP contribution in [0.3, 0.4) is 0 Å². The molecule has 74 valence electrons. The summed E-state index contributed by atoms with van der Waals surface area (Å²) in [4.78, 5) is 11.7. The van der Waals surface area contributed by atoms with E-state index in [0.717, 1.165) is 31.3 Å². The van der Waals surface area contributed by atoms with Crippen LogP contribution in [0.1, 0.15) is 52.9 Å². The van der Waals surface area contributed by atoms with Crippen LogP contribution in [-0.2, 0) is 4.79 Å². The second-order valence-corrected chi connectivity index (χ2v) is 4.12. The number of rotatable bonds is 3. The molecule has 1 aliphatic carbocycles. The van der Waals surface area contributed by atoms with E-state index in [0.29, 0.717) is 11.7 Å². The minimum absolute atomic E-state index is 0.407. The summed E-state index contributed by atoms with van der Waals surface area (Å²) < 4.78 is 0. The van der Waals surface area contributed by atoms with Gasteiger partial charge in [-0.15, -0.1) is 0 Å². The van der Waals surface area contributed by atoms with Crippen LogP contribution in [0, 0.1) is 5.92 Å². The van der Waals surface area contributed by atoms with Crippen LogP contribution in [0.25, 0.3) is 0 Å². The van der Waals surface area contributed by atoms with Crippen molar-refractivity contribution in [2.45, 2.75) is 52.9 Å². The molecule has 0 saturated heterocycles. The molecule has 0 aromatic carbocycles. The van der Waals surface area contributed by atoms with E-state index in [1.807, 2.05) is 0 Å². The smallest absolute Gasteiger partial charge is 0.159 e. The van der Waals surface area contributed by atoms with E-state index in [9.17, 15) is 4.79 Å². The highest BCUT2D eigenvalue weighted by atomic mass is 16.1. The van der Waals surface area contributed by atoms with E-state index in [-0.39, 0.29) is 0 Å². The first kappa shape index (κ1) is 10.5. The zero-order valence-electron chi connectivity index (χ0n) is 9.02. The molecule has 0 fully saturated rings. The molecule has 0 saturated carbocycles. The van der Waals surface area contributed by atoms with Gasteiger partial charge in [-0.1, -0.05) is 32.8 Å². The van der Waals surface area contributed by atoms with Crippen LogP contribution in [0.4, 0.5) is 0 Å². The van der Waals surface area contributed by atoms with Crippen molar-refractivity contribution in [1.29, 1.82) is 0 Å². The summed E-state index contributed by atoms with van der Waals surface area (Å²) in [6.07, 6.45) is 5.15. The Bertz CT molecular complexity index is 225. The zero-order chi connectivity index (χ0) is 9.84. The summed E-state index contributed by atoms with van der Waals surface area (Å²) in [5.74, 6) is 0.981. The summed E-state index contributed by atoms with van der Waals surface area (Å²) in [6, 6.07) is 0. The monoisotopic (exact) mass is 180 g/mol. The third-order valence-corrected chi connectivity index (χ3v) is 2.80. The van der Waals surface area contributed by atoms with E-state index >= 15 is 0 Å². The lowest BCUT2D eigenvalue weighted by atomic mass is 9.81. The molecule has 1 aliphatic rings. The van der Waals surface area contributed by atoms with Crippen molar-refractivity contribution in [3.8, 4) is 0 Å². The number of carbonyl (C=O) groups excluding carboxylic acids is 1. The number of hydrogen-bond donors (Lipinski definition) is 0. The Morgan fingerprint density at radius 2 is 2.00 bits per heavy atom. The highest BCUT2D eigenvalue weighted by Crippen LogP contribution is 2.30. The number of carbonyl (C=O) groups is 1. The molecule has 1 rings (SSSR count). The first-order valence-electron chi connectivity index (χ1n) is 5.43. The van der Waals surface area contributed by atoms with Crippen LogP contribution in [0.15, 0.2) is 11.1 Å². The molecule has 0 bridgehead atoms. The standard InChI is InChI=1S/C12H20O/c1-4-6-10-7-9(3)8-12(13)11(10)5-2/h9H,4-8H2,1-3H3/t9-/m0/s1. The summed E-state index contributed by atoms with van der Waals surface area (Å²) in [5.41, 5.74) is 2.58. The first-order chi connectivity index (χ1) is 6.19. The van der Waals surface area contributed by atoms with Crippen molar-refractivity contribution < 1.29 is 4.79 Å². The lowest BCUT2D eigenvalue weighted by molar-refractivity contribution is -0.117. The van der Waals surface area contributed by atoms with Gasteiger partial charge >= 0.3 is 0 Å². The normalized spacial score (nSPS) is 23.9. The number of ketones is 1. The Hall–Kier alpha value is -0.590. The van der Waals surface area contributed by atoms with Crippen LogP contribution >= 0.6 is 0 Å². The Morgan fingerprint density at radius 3 is 2.54 bits per heavy atom. The number of allylic oxidation sites excluding steroid dienone is 2. The van der Waals surface area contributed by atoms with Gasteiger partial charge in [0.25, 0.3) is 0 Å². The Labute approximate surface area is 81.2 Å². The molecule has 13 heavy (non-hydrogen) atoms. The van der Waals surface area contributed by atoms with Crippen molar-refractivity contribution in [2.24, 2.45) is 5.92 Å². The summed E-state index contributed by atoms with van der Waals surface area (Å²) in [5, 5.41) is 0. The maximum absolute atomic E-state index is 11.7. The van der Waals surface area contributed by atoms with Crippen molar-refractivity contribution in [3.05, 3.63) is 11.1 Å². The number of Topliss-reactive ketones (excluding diaryl/α,β-unsaturated/α-hetero) is 1. The molecule has 1 nitrogen and oxygen atoms in total. The second-order valence-electron chi connectivity index (χ2n) is 4.12. The predicted molar refractivity (Wildman–Crippen MR) is 55.6 cm³/mol. The fourth-order valence-electron chi connectivity index (χ4n) is 2.25. The molecule has 0 aromatic rings. The molecule has 0 amide bonds. The molecule has 0 unspecified atom stereocenters. The highest BCUT2D eigenvalue weighted by Gasteiger charge is 2.22. The quantitative estimate of drug-likeness (QED) is 0.649. The summed E-state index contributed by atoms with van der Waals surface area (Å²) >= 11 is 0. The van der Waals surface area contributed by atoms with E-state index in [1.165, 1.54) is 12.0 Å². The van der Waals surface area contributed by atoms with Crippen LogP contribution < -0.4 is 0 Å². The van der Waals surface area contributed by atoms with Gasteiger partial charge in [-0.05, 0) is 30.8 Å². The van der Waals surface area contributed by atoms with Crippen LogP contribution in [0.5, 0.6) is 0 Å². The molecule has 0 N–H and O–H groups in total. The molecule has 1 heteroatoms. The highest BCUT2D eigenvalue weighted by molar-refractivity contribution is 5.97. The van der Waals surface area contributed by atoms with Gasteiger partial charge in [0.1, 0.15) is 0 Å². The summed E-state index contributed by atoms with van der Waals surface area (Å²) in [6.45, 7) is 6.46. The zero-order valence-corrected chi connectivity index (χ0v) is 9.02. The van der Waals surface area contributed by atoms with Gasteiger partial charge in [0.05, 0.1) is 0 Å². The van der Waals surface area contributed by atoms with E-state index < -0.39 is 0 Å². The van der Waals surface area contributed by atoms with Crippen LogP contribution in [0.2, 0.25) is 0 Å². The predicted octanol–water partition coefficient (Wildman–Crippen LogP) is 3.49. The van der Waals surface area contributed by atoms with Gasteiger partial charge in [0, 0.05) is 6.42 Å². The van der Waals surface area contributed by atoms with Gasteiger partial charge in [-0.3, -0.25) is 4.79 Å². The van der Waals surface area contributed by atoms with Gasteiger partial charge in [-0.2, -0.15) is 0 Å². The molecule has 0 aromatic heterocycles. The van der Waals surface area contributed by atoms with E-state index in [2.05, 4.69) is 20.8 Å². The minimum Gasteiger partial charge on any atom is -0.295 e. The lowest BCUT2D eigenvalue weighted by Crippen LogP contribution is -2.17. The number of hydrogen-bond acceptors (Lipinski definition) is 1. The van der Waals surface area contributed by atoms with Crippen LogP contribution in [-0.4, -0.2) is 5.78 Å². The van der Waals surface area contributed by atoms with Gasteiger partial charge in [0.15, 0.2) is 5.78 Å². The molecule has 0 heterocycles. The maximum atomic E-state index is 11.7. The average molecular weight is 180 g/mol. The van der Waals surface area contributed by atoms with Gasteiger partial charge in [0.2, 0.25) is 0 Å². The Balaban J connectivity index is 2.85. The summed E-state index contributed by atoms with van der Waals surface area (Å²) in [7, 11) is 0. The van der Waals surface area contributed by atoms with Crippen molar-refractivity contribution in [1.82, 2.24) is 0 Å². The van der Waals surface area contributed by atoms with Crippen molar-refractivity contribution in [2.75, 3.05) is 0 Å². The molecule has 1 atom stereocenters. The minimum atomic E-state index is 0.407.